The predicted octanol–water partition coefficient (Wildman–Crippen LogP) is 3.57. The largest absolute Gasteiger partial charge is 0.351 e. The summed E-state index contributed by atoms with van der Waals surface area (Å²) in [7, 11) is 0. The fourth-order valence-electron chi connectivity index (χ4n) is 2.11. The van der Waals surface area contributed by atoms with E-state index in [1.54, 1.807) is 18.2 Å². The predicted molar refractivity (Wildman–Crippen MR) is 87.6 cm³/mol. The van der Waals surface area contributed by atoms with E-state index in [4.69, 9.17) is 11.6 Å². The van der Waals surface area contributed by atoms with E-state index in [-0.39, 0.29) is 5.91 Å². The summed E-state index contributed by atoms with van der Waals surface area (Å²) in [5.74, 6) is 0.259. The van der Waals surface area contributed by atoms with Crippen LogP contribution in [0.4, 0.5) is 11.6 Å². The van der Waals surface area contributed by atoms with E-state index in [9.17, 15) is 4.79 Å². The highest BCUT2D eigenvalue weighted by molar-refractivity contribution is 6.30. The third kappa shape index (κ3) is 3.54. The van der Waals surface area contributed by atoms with E-state index in [1.165, 1.54) is 0 Å². The van der Waals surface area contributed by atoms with Crippen LogP contribution < -0.4 is 10.6 Å². The molecule has 0 bridgehead atoms. The number of benzene rings is 1. The molecular formula is C16H17ClN4O. The maximum absolute atomic E-state index is 12.4. The van der Waals surface area contributed by atoms with E-state index < -0.39 is 0 Å². The number of carbonyl (C=O) groups excluding carboxylic acids is 1. The number of amides is 1. The molecule has 0 saturated heterocycles. The quantitative estimate of drug-likeness (QED) is 0.905. The van der Waals surface area contributed by atoms with Crippen molar-refractivity contribution in [2.24, 2.45) is 0 Å². The first-order valence-electron chi connectivity index (χ1n) is 7.21. The Bertz CT molecular complexity index is 728. The molecule has 1 aromatic carbocycles. The minimum atomic E-state index is -0.255. The Morgan fingerprint density at radius 3 is 2.68 bits per heavy atom. The summed E-state index contributed by atoms with van der Waals surface area (Å²) >= 11 is 5.92. The zero-order valence-electron chi connectivity index (χ0n) is 12.5. The molecule has 3 rings (SSSR count). The second-order valence-electron chi connectivity index (χ2n) is 5.55. The van der Waals surface area contributed by atoms with Gasteiger partial charge in [-0.05, 0) is 56.5 Å². The molecule has 5 nitrogen and oxygen atoms in total. The van der Waals surface area contributed by atoms with Gasteiger partial charge in [-0.25, -0.2) is 9.97 Å². The molecule has 1 aromatic heterocycles. The number of rotatable bonds is 4. The average Bonchev–Trinajstić information content (AvgIpc) is 3.25. The maximum Gasteiger partial charge on any atom is 0.274 e. The van der Waals surface area contributed by atoms with Crippen LogP contribution in [0.3, 0.4) is 0 Å². The van der Waals surface area contributed by atoms with Crippen LogP contribution in [0.1, 0.15) is 34.6 Å². The van der Waals surface area contributed by atoms with Crippen LogP contribution in [-0.4, -0.2) is 21.9 Å². The third-order valence-electron chi connectivity index (χ3n) is 3.43. The highest BCUT2D eigenvalue weighted by atomic mass is 35.5. The summed E-state index contributed by atoms with van der Waals surface area (Å²) in [6.45, 7) is 3.75. The summed E-state index contributed by atoms with van der Waals surface area (Å²) in [6.07, 6.45) is 2.26. The number of halogens is 1. The van der Waals surface area contributed by atoms with Gasteiger partial charge >= 0.3 is 0 Å². The first-order chi connectivity index (χ1) is 10.5. The molecule has 0 atom stereocenters. The first-order valence-corrected chi connectivity index (χ1v) is 7.59. The van der Waals surface area contributed by atoms with Crippen molar-refractivity contribution in [2.45, 2.75) is 32.7 Å². The van der Waals surface area contributed by atoms with Crippen LogP contribution in [0.2, 0.25) is 5.02 Å². The summed E-state index contributed by atoms with van der Waals surface area (Å²) in [5, 5.41) is 6.72. The van der Waals surface area contributed by atoms with Gasteiger partial charge in [-0.3, -0.25) is 4.79 Å². The Labute approximate surface area is 134 Å². The Kier molecular flexibility index (Phi) is 3.98. The fourth-order valence-corrected chi connectivity index (χ4v) is 2.34. The molecule has 1 heterocycles. The number of aryl methyl sites for hydroxylation is 2. The lowest BCUT2D eigenvalue weighted by molar-refractivity contribution is 0.102. The lowest BCUT2D eigenvalue weighted by Crippen LogP contribution is -2.17. The number of hydrogen-bond donors (Lipinski definition) is 2. The Morgan fingerprint density at radius 2 is 2.00 bits per heavy atom. The first kappa shape index (κ1) is 14.8. The van der Waals surface area contributed by atoms with Crippen molar-refractivity contribution >= 4 is 29.1 Å². The standard InChI is InChI=1S/C16H17ClN4O/c1-9-7-11(17)3-6-13(9)20-15(22)14-8-10(2)18-16(21-14)19-12-4-5-12/h3,6-8,12H,4-5H2,1-2H3,(H,20,22)(H,18,19,21). The molecule has 114 valence electrons. The molecule has 0 unspecified atom stereocenters. The van der Waals surface area contributed by atoms with Crippen LogP contribution in [0, 0.1) is 13.8 Å². The van der Waals surface area contributed by atoms with Gasteiger partial charge in [-0.15, -0.1) is 0 Å². The number of aromatic nitrogens is 2. The lowest BCUT2D eigenvalue weighted by Gasteiger charge is -2.10. The molecule has 2 N–H and O–H groups in total. The molecule has 0 spiro atoms. The highest BCUT2D eigenvalue weighted by Gasteiger charge is 2.22. The molecule has 1 fully saturated rings. The Morgan fingerprint density at radius 1 is 1.23 bits per heavy atom. The van der Waals surface area contributed by atoms with Crippen LogP contribution in [0.15, 0.2) is 24.3 Å². The zero-order chi connectivity index (χ0) is 15.7. The van der Waals surface area contributed by atoms with Crippen molar-refractivity contribution in [1.82, 2.24) is 9.97 Å². The number of nitrogens with zero attached hydrogens (tertiary/aromatic N) is 2. The molecule has 1 aliphatic carbocycles. The smallest absolute Gasteiger partial charge is 0.274 e. The topological polar surface area (TPSA) is 66.9 Å². The summed E-state index contributed by atoms with van der Waals surface area (Å²) in [6, 6.07) is 7.46. The maximum atomic E-state index is 12.4. The number of hydrogen-bond acceptors (Lipinski definition) is 4. The summed E-state index contributed by atoms with van der Waals surface area (Å²) in [5.41, 5.74) is 2.74. The minimum Gasteiger partial charge on any atom is -0.351 e. The monoisotopic (exact) mass is 316 g/mol. The van der Waals surface area contributed by atoms with Crippen molar-refractivity contribution < 1.29 is 4.79 Å². The van der Waals surface area contributed by atoms with Crippen LogP contribution in [0.25, 0.3) is 0 Å². The van der Waals surface area contributed by atoms with Crippen LogP contribution in [0.5, 0.6) is 0 Å². The van der Waals surface area contributed by atoms with E-state index in [0.717, 1.165) is 29.8 Å². The minimum absolute atomic E-state index is 0.255. The van der Waals surface area contributed by atoms with Gasteiger partial charge in [0.1, 0.15) is 5.69 Å². The third-order valence-corrected chi connectivity index (χ3v) is 3.67. The van der Waals surface area contributed by atoms with Crippen molar-refractivity contribution in [1.29, 1.82) is 0 Å². The van der Waals surface area contributed by atoms with Crippen molar-refractivity contribution in [2.75, 3.05) is 10.6 Å². The van der Waals surface area contributed by atoms with E-state index in [0.29, 0.717) is 22.7 Å². The van der Waals surface area contributed by atoms with Crippen molar-refractivity contribution in [3.05, 3.63) is 46.2 Å². The Hall–Kier alpha value is -2.14. The molecule has 22 heavy (non-hydrogen) atoms. The number of anilines is 2. The number of carbonyl (C=O) groups is 1. The molecule has 1 saturated carbocycles. The molecule has 0 aliphatic heterocycles. The molecule has 0 radical (unpaired) electrons. The van der Waals surface area contributed by atoms with Gasteiger partial charge in [0.15, 0.2) is 0 Å². The second-order valence-corrected chi connectivity index (χ2v) is 5.99. The fraction of sp³-hybridized carbons (Fsp3) is 0.312. The molecule has 1 aliphatic rings. The number of nitrogens with one attached hydrogen (secondary N) is 2. The zero-order valence-corrected chi connectivity index (χ0v) is 13.2. The molecule has 6 heteroatoms. The Balaban J connectivity index is 1.80. The highest BCUT2D eigenvalue weighted by Crippen LogP contribution is 2.23. The van der Waals surface area contributed by atoms with E-state index in [1.807, 2.05) is 19.9 Å². The molecular weight excluding hydrogens is 300 g/mol. The van der Waals surface area contributed by atoms with Crippen molar-refractivity contribution in [3.8, 4) is 0 Å². The normalized spacial score (nSPS) is 13.8. The van der Waals surface area contributed by atoms with E-state index >= 15 is 0 Å². The van der Waals surface area contributed by atoms with Gasteiger partial charge in [0.25, 0.3) is 5.91 Å². The molecule has 1 amide bonds. The van der Waals surface area contributed by atoms with Crippen LogP contribution in [-0.2, 0) is 0 Å². The van der Waals surface area contributed by atoms with Gasteiger partial charge in [0, 0.05) is 22.4 Å². The second kappa shape index (κ2) is 5.93. The SMILES string of the molecule is Cc1cc(C(=O)Nc2ccc(Cl)cc2C)nc(NC2CC2)n1. The molecule has 2 aromatic rings. The average molecular weight is 317 g/mol. The summed E-state index contributed by atoms with van der Waals surface area (Å²) in [4.78, 5) is 21.0. The van der Waals surface area contributed by atoms with Gasteiger partial charge in [-0.1, -0.05) is 11.6 Å². The van der Waals surface area contributed by atoms with Crippen molar-refractivity contribution in [3.63, 3.8) is 0 Å². The van der Waals surface area contributed by atoms with Gasteiger partial charge in [-0.2, -0.15) is 0 Å². The van der Waals surface area contributed by atoms with E-state index in [2.05, 4.69) is 20.6 Å². The van der Waals surface area contributed by atoms with Gasteiger partial charge in [0.2, 0.25) is 5.95 Å². The lowest BCUT2D eigenvalue weighted by atomic mass is 10.2. The summed E-state index contributed by atoms with van der Waals surface area (Å²) < 4.78 is 0. The van der Waals surface area contributed by atoms with Gasteiger partial charge in [0.05, 0.1) is 0 Å². The van der Waals surface area contributed by atoms with Gasteiger partial charge < -0.3 is 10.6 Å². The van der Waals surface area contributed by atoms with Crippen LogP contribution >= 0.6 is 11.6 Å².